The lowest BCUT2D eigenvalue weighted by Gasteiger charge is -2.29. The molecule has 2 heterocycles. The highest BCUT2D eigenvalue weighted by molar-refractivity contribution is 5.80. The number of aromatic nitrogens is 3. The second-order valence-electron chi connectivity index (χ2n) is 10.4. The molecular weight excluding hydrogens is 422 g/mol. The number of fused-ring (bicyclic) bond motifs is 1. The summed E-state index contributed by atoms with van der Waals surface area (Å²) in [6.07, 6.45) is 12.7. The highest BCUT2D eigenvalue weighted by atomic mass is 16.3. The van der Waals surface area contributed by atoms with E-state index in [9.17, 15) is 9.90 Å². The van der Waals surface area contributed by atoms with Gasteiger partial charge < -0.3 is 5.11 Å². The number of aliphatic hydroxyl groups is 1. The van der Waals surface area contributed by atoms with E-state index in [1.807, 2.05) is 32.2 Å². The smallest absolute Gasteiger partial charge is 0.261 e. The number of aryl methyl sites for hydroxylation is 1. The van der Waals surface area contributed by atoms with E-state index in [1.54, 1.807) is 10.9 Å². The Morgan fingerprint density at radius 2 is 1.94 bits per heavy atom. The van der Waals surface area contributed by atoms with E-state index in [-0.39, 0.29) is 17.0 Å². The average molecular weight is 460 g/mol. The monoisotopic (exact) mass is 459 g/mol. The minimum absolute atomic E-state index is 0.00685. The molecule has 1 aliphatic rings. The van der Waals surface area contributed by atoms with E-state index in [0.717, 1.165) is 64.9 Å². The molecule has 1 aromatic carbocycles. The van der Waals surface area contributed by atoms with Gasteiger partial charge in [-0.2, -0.15) is 0 Å². The van der Waals surface area contributed by atoms with Crippen molar-refractivity contribution >= 4 is 23.1 Å². The van der Waals surface area contributed by atoms with Crippen LogP contribution in [0.15, 0.2) is 35.5 Å². The quantitative estimate of drug-likeness (QED) is 0.621. The fourth-order valence-corrected chi connectivity index (χ4v) is 4.96. The number of hydrogen-bond donors (Lipinski definition) is 1. The first-order valence-electron chi connectivity index (χ1n) is 12.6. The molecule has 0 aliphatic heterocycles. The second-order valence-corrected chi connectivity index (χ2v) is 10.4. The molecule has 34 heavy (non-hydrogen) atoms. The number of hydrogen-bond acceptors (Lipinski definition) is 4. The first-order valence-corrected chi connectivity index (χ1v) is 12.6. The summed E-state index contributed by atoms with van der Waals surface area (Å²) in [6, 6.07) is 5.96. The molecule has 3 aromatic rings. The lowest BCUT2D eigenvalue weighted by Crippen LogP contribution is -2.38. The van der Waals surface area contributed by atoms with Crippen LogP contribution in [-0.2, 0) is 6.42 Å². The van der Waals surface area contributed by atoms with Gasteiger partial charge in [0.25, 0.3) is 5.56 Å². The molecule has 1 N–H and O–H groups in total. The molecule has 2 unspecified atom stereocenters. The summed E-state index contributed by atoms with van der Waals surface area (Å²) in [5.41, 5.74) is 3.88. The van der Waals surface area contributed by atoms with E-state index >= 15 is 0 Å². The van der Waals surface area contributed by atoms with Crippen LogP contribution < -0.4 is 16.0 Å². The van der Waals surface area contributed by atoms with Gasteiger partial charge in [0.15, 0.2) is 0 Å². The third-order valence-electron chi connectivity index (χ3n) is 7.39. The van der Waals surface area contributed by atoms with E-state index in [2.05, 4.69) is 44.0 Å². The Bertz CT molecular complexity index is 1350. The molecule has 0 spiro atoms. The van der Waals surface area contributed by atoms with Crippen molar-refractivity contribution in [2.45, 2.75) is 85.3 Å². The Kier molecular flexibility index (Phi) is 7.04. The molecule has 5 nitrogen and oxygen atoms in total. The molecule has 1 saturated carbocycles. The molecule has 4 rings (SSSR count). The van der Waals surface area contributed by atoms with Gasteiger partial charge in [0.2, 0.25) is 0 Å². The fraction of sp³-hybridized carbons (Fsp3) is 0.483. The SMILES string of the molecule is CC=c1c(=CC(C)(C)CC)c(Cc2ccc(C)nc2)cc2c(=O)n(C3CCCCC3O)cnc12. The van der Waals surface area contributed by atoms with E-state index in [4.69, 9.17) is 4.98 Å². The van der Waals surface area contributed by atoms with Crippen molar-refractivity contribution in [3.63, 3.8) is 0 Å². The van der Waals surface area contributed by atoms with Crippen LogP contribution in [0.3, 0.4) is 0 Å². The zero-order valence-corrected chi connectivity index (χ0v) is 21.1. The Morgan fingerprint density at radius 3 is 2.59 bits per heavy atom. The van der Waals surface area contributed by atoms with Gasteiger partial charge in [0.1, 0.15) is 0 Å². The Hall–Kier alpha value is -2.79. The predicted molar refractivity (Wildman–Crippen MR) is 139 cm³/mol. The summed E-state index contributed by atoms with van der Waals surface area (Å²) >= 11 is 0. The van der Waals surface area contributed by atoms with Gasteiger partial charge in [-0.1, -0.05) is 51.8 Å². The summed E-state index contributed by atoms with van der Waals surface area (Å²) in [5, 5.41) is 13.4. The van der Waals surface area contributed by atoms with Gasteiger partial charge in [-0.05, 0) is 73.4 Å². The normalized spacial score (nSPS) is 20.3. The van der Waals surface area contributed by atoms with Gasteiger partial charge in [-0.15, -0.1) is 0 Å². The topological polar surface area (TPSA) is 68.0 Å². The van der Waals surface area contributed by atoms with Gasteiger partial charge in [-0.25, -0.2) is 4.98 Å². The summed E-state index contributed by atoms with van der Waals surface area (Å²) in [4.78, 5) is 23.0. The molecule has 0 radical (unpaired) electrons. The molecule has 0 amide bonds. The number of pyridine rings is 1. The molecule has 0 bridgehead atoms. The van der Waals surface area contributed by atoms with Crippen LogP contribution in [0.1, 0.15) is 82.7 Å². The number of rotatable bonds is 5. The van der Waals surface area contributed by atoms with E-state index < -0.39 is 6.10 Å². The highest BCUT2D eigenvalue weighted by Gasteiger charge is 2.26. The van der Waals surface area contributed by atoms with Crippen LogP contribution in [0.5, 0.6) is 0 Å². The van der Waals surface area contributed by atoms with Crippen LogP contribution in [0.2, 0.25) is 0 Å². The maximum absolute atomic E-state index is 13.7. The van der Waals surface area contributed by atoms with Gasteiger partial charge >= 0.3 is 0 Å². The molecule has 1 fully saturated rings. The Morgan fingerprint density at radius 1 is 1.18 bits per heavy atom. The van der Waals surface area contributed by atoms with Gasteiger partial charge in [-0.3, -0.25) is 14.3 Å². The molecule has 2 aromatic heterocycles. The maximum atomic E-state index is 13.7. The first-order chi connectivity index (χ1) is 16.2. The van der Waals surface area contributed by atoms with Crippen molar-refractivity contribution in [3.8, 4) is 0 Å². The van der Waals surface area contributed by atoms with Gasteiger partial charge in [0, 0.05) is 17.1 Å². The molecule has 180 valence electrons. The van der Waals surface area contributed by atoms with Crippen molar-refractivity contribution in [2.24, 2.45) is 5.41 Å². The highest BCUT2D eigenvalue weighted by Crippen LogP contribution is 2.27. The summed E-state index contributed by atoms with van der Waals surface area (Å²) < 4.78 is 1.67. The third-order valence-corrected chi connectivity index (χ3v) is 7.39. The van der Waals surface area contributed by atoms with Crippen molar-refractivity contribution in [1.82, 2.24) is 14.5 Å². The minimum Gasteiger partial charge on any atom is -0.391 e. The number of benzene rings is 1. The number of aliphatic hydroxyl groups excluding tert-OH is 1. The molecule has 1 aliphatic carbocycles. The van der Waals surface area contributed by atoms with Crippen LogP contribution in [-0.4, -0.2) is 25.7 Å². The first kappa shape index (κ1) is 24.3. The fourth-order valence-electron chi connectivity index (χ4n) is 4.96. The van der Waals surface area contributed by atoms with E-state index in [1.165, 1.54) is 0 Å². The largest absolute Gasteiger partial charge is 0.391 e. The third kappa shape index (κ3) is 4.85. The molecule has 0 saturated heterocycles. The lowest BCUT2D eigenvalue weighted by molar-refractivity contribution is 0.0735. The van der Waals surface area contributed by atoms with Crippen molar-refractivity contribution in [3.05, 3.63) is 68.3 Å². The molecular formula is C29H37N3O2. The second kappa shape index (κ2) is 9.83. The maximum Gasteiger partial charge on any atom is 0.261 e. The average Bonchev–Trinajstić information content (AvgIpc) is 2.82. The van der Waals surface area contributed by atoms with Crippen LogP contribution in [0, 0.1) is 12.3 Å². The van der Waals surface area contributed by atoms with E-state index in [0.29, 0.717) is 11.8 Å². The van der Waals surface area contributed by atoms with Crippen LogP contribution >= 0.6 is 0 Å². The predicted octanol–water partition coefficient (Wildman–Crippen LogP) is 4.18. The molecule has 5 heteroatoms. The minimum atomic E-state index is -0.501. The van der Waals surface area contributed by atoms with Crippen LogP contribution in [0.4, 0.5) is 0 Å². The molecule has 2 atom stereocenters. The van der Waals surface area contributed by atoms with Crippen LogP contribution in [0.25, 0.3) is 23.1 Å². The van der Waals surface area contributed by atoms with Gasteiger partial charge in [0.05, 0.1) is 29.4 Å². The lowest BCUT2D eigenvalue weighted by atomic mass is 9.87. The van der Waals surface area contributed by atoms with Crippen molar-refractivity contribution in [1.29, 1.82) is 0 Å². The summed E-state index contributed by atoms with van der Waals surface area (Å²) in [5.74, 6) is 0. The zero-order valence-electron chi connectivity index (χ0n) is 21.1. The number of nitrogens with zero attached hydrogens (tertiary/aromatic N) is 3. The summed E-state index contributed by atoms with van der Waals surface area (Å²) in [7, 11) is 0. The van der Waals surface area contributed by atoms with Crippen molar-refractivity contribution < 1.29 is 5.11 Å². The Labute approximate surface area is 201 Å². The van der Waals surface area contributed by atoms with Crippen molar-refractivity contribution in [2.75, 3.05) is 0 Å². The zero-order chi connectivity index (χ0) is 24.5. The standard InChI is InChI=1S/C29H37N3O2/c1-6-22-24(16-29(4,5)7-2)21(14-20-13-12-19(3)30-17-20)15-23-27(22)31-18-32(28(23)34)25-10-8-9-11-26(25)33/h6,12-13,15-18,25-26,33H,7-11,14H2,1-5H3. The Balaban J connectivity index is 2.00. The summed E-state index contributed by atoms with van der Waals surface area (Å²) in [6.45, 7) is 10.7.